The molecule has 0 aromatic heterocycles. The number of esters is 1. The van der Waals surface area contributed by atoms with Crippen molar-refractivity contribution in [3.63, 3.8) is 0 Å². The zero-order valence-electron chi connectivity index (χ0n) is 13.9. The van der Waals surface area contributed by atoms with E-state index in [4.69, 9.17) is 4.74 Å². The molecule has 0 heterocycles. The molecule has 1 rings (SSSR count). The summed E-state index contributed by atoms with van der Waals surface area (Å²) in [4.78, 5) is 34.7. The summed E-state index contributed by atoms with van der Waals surface area (Å²) in [6.45, 7) is 9.17. The molecule has 0 radical (unpaired) electrons. The lowest BCUT2D eigenvalue weighted by Gasteiger charge is -2.12. The maximum atomic E-state index is 11.8. The Kier molecular flexibility index (Phi) is 7.28. The first-order valence-corrected chi connectivity index (χ1v) is 7.37. The molecule has 3 amide bonds. The third kappa shape index (κ3) is 5.99. The van der Waals surface area contributed by atoms with Crippen molar-refractivity contribution < 1.29 is 23.9 Å². The molecule has 0 spiro atoms. The lowest BCUT2D eigenvalue weighted by Crippen LogP contribution is -2.28. The number of carbonyl (C=O) groups excluding carboxylic acids is 3. The van der Waals surface area contributed by atoms with Gasteiger partial charge in [0.1, 0.15) is 0 Å². The summed E-state index contributed by atoms with van der Waals surface area (Å²) in [5, 5.41) is 7.70. The first kappa shape index (κ1) is 19.0. The van der Waals surface area contributed by atoms with Gasteiger partial charge in [-0.1, -0.05) is 6.07 Å². The molecule has 1 aromatic carbocycles. The van der Waals surface area contributed by atoms with Gasteiger partial charge in [-0.25, -0.2) is 14.4 Å². The minimum atomic E-state index is -0.883. The first-order valence-electron chi connectivity index (χ1n) is 7.37. The Hall–Kier alpha value is -3.03. The monoisotopic (exact) mass is 335 g/mol. The molecule has 0 atom stereocenters. The van der Waals surface area contributed by atoms with Crippen molar-refractivity contribution in [1.29, 1.82) is 0 Å². The van der Waals surface area contributed by atoms with E-state index in [0.29, 0.717) is 17.9 Å². The molecule has 0 unspecified atom stereocenters. The van der Waals surface area contributed by atoms with E-state index in [-0.39, 0.29) is 12.6 Å². The van der Waals surface area contributed by atoms with Crippen LogP contribution in [-0.2, 0) is 14.3 Å². The SMILES string of the molecule is C=C(OC(=O)Nc1cc(NC(=O)NCC)ccc1C)C(=O)OCC. The number of aryl methyl sites for hydroxylation is 1. The molecule has 0 fully saturated rings. The molecule has 24 heavy (non-hydrogen) atoms. The predicted octanol–water partition coefficient (Wildman–Crippen LogP) is 2.76. The second kappa shape index (κ2) is 9.19. The highest BCUT2D eigenvalue weighted by Gasteiger charge is 2.15. The quantitative estimate of drug-likeness (QED) is 0.421. The normalized spacial score (nSPS) is 9.62. The molecule has 130 valence electrons. The molecule has 8 heteroatoms. The minimum Gasteiger partial charge on any atom is -0.460 e. The van der Waals surface area contributed by atoms with Crippen molar-refractivity contribution in [3.05, 3.63) is 36.1 Å². The molecule has 0 bridgehead atoms. The van der Waals surface area contributed by atoms with Crippen LogP contribution in [0.1, 0.15) is 19.4 Å². The summed E-state index contributed by atoms with van der Waals surface area (Å²) in [6.07, 6.45) is -0.883. The van der Waals surface area contributed by atoms with Crippen molar-refractivity contribution >= 4 is 29.5 Å². The van der Waals surface area contributed by atoms with Crippen LogP contribution in [0, 0.1) is 6.92 Å². The summed E-state index contributed by atoms with van der Waals surface area (Å²) in [7, 11) is 0. The number of rotatable bonds is 6. The van der Waals surface area contributed by atoms with Gasteiger partial charge in [0.05, 0.1) is 6.61 Å². The predicted molar refractivity (Wildman–Crippen MR) is 89.8 cm³/mol. The van der Waals surface area contributed by atoms with Crippen LogP contribution in [0.4, 0.5) is 21.0 Å². The van der Waals surface area contributed by atoms with Crippen LogP contribution < -0.4 is 16.0 Å². The van der Waals surface area contributed by atoms with Gasteiger partial charge in [-0.2, -0.15) is 0 Å². The molecule has 0 aliphatic heterocycles. The first-order chi connectivity index (χ1) is 11.4. The number of nitrogens with one attached hydrogen (secondary N) is 3. The van der Waals surface area contributed by atoms with Crippen LogP contribution in [0.15, 0.2) is 30.5 Å². The van der Waals surface area contributed by atoms with Crippen molar-refractivity contribution in [2.24, 2.45) is 0 Å². The topological polar surface area (TPSA) is 106 Å². The van der Waals surface area contributed by atoms with E-state index in [1.165, 1.54) is 0 Å². The van der Waals surface area contributed by atoms with E-state index in [1.54, 1.807) is 39.0 Å². The fourth-order valence-electron chi connectivity index (χ4n) is 1.67. The van der Waals surface area contributed by atoms with Crippen molar-refractivity contribution in [3.8, 4) is 0 Å². The Morgan fingerprint density at radius 3 is 2.50 bits per heavy atom. The van der Waals surface area contributed by atoms with Crippen LogP contribution in [0.3, 0.4) is 0 Å². The third-order valence-electron chi connectivity index (χ3n) is 2.79. The highest BCUT2D eigenvalue weighted by atomic mass is 16.6. The molecule has 3 N–H and O–H groups in total. The third-order valence-corrected chi connectivity index (χ3v) is 2.79. The van der Waals surface area contributed by atoms with E-state index in [1.807, 2.05) is 0 Å². The van der Waals surface area contributed by atoms with Gasteiger partial charge in [0.25, 0.3) is 0 Å². The average molecular weight is 335 g/mol. The minimum absolute atomic E-state index is 0.148. The van der Waals surface area contributed by atoms with Crippen LogP contribution in [0.2, 0.25) is 0 Å². The fourth-order valence-corrected chi connectivity index (χ4v) is 1.67. The fraction of sp³-hybridized carbons (Fsp3) is 0.312. The standard InChI is InChI=1S/C16H21N3O5/c1-5-17-15(21)18-12-8-7-10(3)13(9-12)19-16(22)24-11(4)14(20)23-6-2/h7-9H,4-6H2,1-3H3,(H,19,22)(H2,17,18,21). The van der Waals surface area contributed by atoms with Gasteiger partial charge in [-0.3, -0.25) is 5.32 Å². The van der Waals surface area contributed by atoms with Crippen LogP contribution in [-0.4, -0.2) is 31.2 Å². The molecular formula is C16H21N3O5. The van der Waals surface area contributed by atoms with Gasteiger partial charge >= 0.3 is 18.1 Å². The zero-order valence-corrected chi connectivity index (χ0v) is 13.9. The van der Waals surface area contributed by atoms with Crippen molar-refractivity contribution in [1.82, 2.24) is 5.32 Å². The van der Waals surface area contributed by atoms with Gasteiger partial charge in [-0.05, 0) is 45.0 Å². The maximum absolute atomic E-state index is 11.8. The number of carbonyl (C=O) groups is 3. The van der Waals surface area contributed by atoms with E-state index < -0.39 is 17.8 Å². The molecule has 0 saturated carbocycles. The number of benzene rings is 1. The molecular weight excluding hydrogens is 314 g/mol. The van der Waals surface area contributed by atoms with Crippen LogP contribution in [0.25, 0.3) is 0 Å². The van der Waals surface area contributed by atoms with E-state index in [0.717, 1.165) is 5.56 Å². The van der Waals surface area contributed by atoms with E-state index >= 15 is 0 Å². The van der Waals surface area contributed by atoms with E-state index in [2.05, 4.69) is 27.3 Å². The summed E-state index contributed by atoms with van der Waals surface area (Å²) < 4.78 is 9.43. The number of hydrogen-bond donors (Lipinski definition) is 3. The highest BCUT2D eigenvalue weighted by Crippen LogP contribution is 2.20. The smallest absolute Gasteiger partial charge is 0.417 e. The zero-order chi connectivity index (χ0) is 18.1. The highest BCUT2D eigenvalue weighted by molar-refractivity contribution is 5.94. The van der Waals surface area contributed by atoms with E-state index in [9.17, 15) is 14.4 Å². The molecule has 0 aliphatic carbocycles. The molecule has 1 aromatic rings. The summed E-state index contributed by atoms with van der Waals surface area (Å²) in [5.74, 6) is -1.22. The van der Waals surface area contributed by atoms with Gasteiger partial charge < -0.3 is 20.1 Å². The van der Waals surface area contributed by atoms with Crippen LogP contribution >= 0.6 is 0 Å². The van der Waals surface area contributed by atoms with Crippen molar-refractivity contribution in [2.45, 2.75) is 20.8 Å². The molecule has 0 aliphatic rings. The Balaban J connectivity index is 2.72. The average Bonchev–Trinajstić information content (AvgIpc) is 2.51. The number of urea groups is 1. The Morgan fingerprint density at radius 1 is 1.17 bits per heavy atom. The second-order valence-corrected chi connectivity index (χ2v) is 4.67. The summed E-state index contributed by atoms with van der Waals surface area (Å²) >= 11 is 0. The lowest BCUT2D eigenvalue weighted by molar-refractivity contribution is -0.141. The number of amides is 3. The Labute approximate surface area is 140 Å². The maximum Gasteiger partial charge on any atom is 0.417 e. The van der Waals surface area contributed by atoms with Gasteiger partial charge in [0, 0.05) is 17.9 Å². The molecule has 8 nitrogen and oxygen atoms in total. The molecule has 0 saturated heterocycles. The second-order valence-electron chi connectivity index (χ2n) is 4.67. The lowest BCUT2D eigenvalue weighted by atomic mass is 10.2. The van der Waals surface area contributed by atoms with Crippen LogP contribution in [0.5, 0.6) is 0 Å². The van der Waals surface area contributed by atoms with Gasteiger partial charge in [0.2, 0.25) is 5.76 Å². The van der Waals surface area contributed by atoms with Crippen molar-refractivity contribution in [2.75, 3.05) is 23.8 Å². The largest absolute Gasteiger partial charge is 0.460 e. The number of hydrogen-bond acceptors (Lipinski definition) is 5. The summed E-state index contributed by atoms with van der Waals surface area (Å²) in [5.41, 5.74) is 1.66. The number of ether oxygens (including phenoxy) is 2. The van der Waals surface area contributed by atoms with Gasteiger partial charge in [0.15, 0.2) is 0 Å². The number of anilines is 2. The summed E-state index contributed by atoms with van der Waals surface area (Å²) in [6, 6.07) is 4.63. The Morgan fingerprint density at radius 2 is 1.88 bits per heavy atom. The van der Waals surface area contributed by atoms with Gasteiger partial charge in [-0.15, -0.1) is 0 Å². The Bertz CT molecular complexity index is 643.